The largest absolute Gasteiger partial charge is 0.489 e. The number of hydrogen-bond acceptors (Lipinski definition) is 2. The smallest absolute Gasteiger partial charge is 0.142 e. The third-order valence-corrected chi connectivity index (χ3v) is 3.34. The highest BCUT2D eigenvalue weighted by molar-refractivity contribution is 6.30. The van der Waals surface area contributed by atoms with Gasteiger partial charge in [0.15, 0.2) is 0 Å². The molecule has 0 aliphatic carbocycles. The quantitative estimate of drug-likeness (QED) is 0.874. The van der Waals surface area contributed by atoms with Gasteiger partial charge in [-0.05, 0) is 43.3 Å². The number of benzene rings is 2. The van der Waals surface area contributed by atoms with E-state index in [0.717, 1.165) is 18.5 Å². The van der Waals surface area contributed by atoms with Crippen molar-refractivity contribution >= 4 is 11.6 Å². The molecule has 2 aromatic carbocycles. The van der Waals surface area contributed by atoms with E-state index in [1.807, 2.05) is 25.2 Å². The van der Waals surface area contributed by atoms with Crippen LogP contribution < -0.4 is 10.1 Å². The van der Waals surface area contributed by atoms with Crippen LogP contribution in [0.25, 0.3) is 0 Å². The molecule has 2 aromatic rings. The SMILES string of the molecule is CNCCc1ccccc1COc1ccc(F)c(Cl)c1. The number of ether oxygens (including phenoxy) is 1. The fraction of sp³-hybridized carbons (Fsp3) is 0.250. The van der Waals surface area contributed by atoms with Gasteiger partial charge in [0, 0.05) is 6.07 Å². The number of nitrogens with one attached hydrogen (secondary N) is 1. The molecule has 0 heterocycles. The second-order valence-electron chi connectivity index (χ2n) is 4.49. The minimum atomic E-state index is -0.437. The van der Waals surface area contributed by atoms with Crippen LogP contribution in [0, 0.1) is 5.82 Å². The summed E-state index contributed by atoms with van der Waals surface area (Å²) in [6, 6.07) is 12.5. The minimum Gasteiger partial charge on any atom is -0.489 e. The summed E-state index contributed by atoms with van der Waals surface area (Å²) in [6.45, 7) is 1.36. The van der Waals surface area contributed by atoms with Gasteiger partial charge < -0.3 is 10.1 Å². The molecule has 20 heavy (non-hydrogen) atoms. The molecule has 0 aliphatic rings. The van der Waals surface area contributed by atoms with Crippen LogP contribution in [0.3, 0.4) is 0 Å². The van der Waals surface area contributed by atoms with Crippen molar-refractivity contribution in [3.8, 4) is 5.75 Å². The summed E-state index contributed by atoms with van der Waals surface area (Å²) in [5.41, 5.74) is 2.37. The van der Waals surface area contributed by atoms with E-state index in [2.05, 4.69) is 11.4 Å². The van der Waals surface area contributed by atoms with Gasteiger partial charge in [-0.25, -0.2) is 4.39 Å². The van der Waals surface area contributed by atoms with Crippen molar-refractivity contribution in [1.82, 2.24) is 5.32 Å². The van der Waals surface area contributed by atoms with Crippen LogP contribution in [-0.4, -0.2) is 13.6 Å². The fourth-order valence-corrected chi connectivity index (χ4v) is 2.10. The van der Waals surface area contributed by atoms with Gasteiger partial charge in [-0.15, -0.1) is 0 Å². The number of halogens is 2. The lowest BCUT2D eigenvalue weighted by Crippen LogP contribution is -2.12. The van der Waals surface area contributed by atoms with Crippen LogP contribution in [0.5, 0.6) is 5.75 Å². The van der Waals surface area contributed by atoms with Crippen LogP contribution >= 0.6 is 11.6 Å². The van der Waals surface area contributed by atoms with Crippen molar-refractivity contribution in [2.45, 2.75) is 13.0 Å². The Bertz CT molecular complexity index is 574. The normalized spacial score (nSPS) is 10.6. The van der Waals surface area contributed by atoms with Gasteiger partial charge in [0.05, 0.1) is 5.02 Å². The number of likely N-dealkylation sites (N-methyl/N-ethyl adjacent to an activating group) is 1. The molecule has 106 valence electrons. The third-order valence-electron chi connectivity index (χ3n) is 3.05. The molecular weight excluding hydrogens is 277 g/mol. The van der Waals surface area contributed by atoms with Gasteiger partial charge in [0.2, 0.25) is 0 Å². The van der Waals surface area contributed by atoms with Gasteiger partial charge in [0.25, 0.3) is 0 Å². The molecule has 2 nitrogen and oxygen atoms in total. The van der Waals surface area contributed by atoms with Crippen LogP contribution in [0.15, 0.2) is 42.5 Å². The van der Waals surface area contributed by atoms with Crippen LogP contribution in [0.4, 0.5) is 4.39 Å². The summed E-state index contributed by atoms with van der Waals surface area (Å²) in [5.74, 6) is 0.133. The highest BCUT2D eigenvalue weighted by atomic mass is 35.5. The van der Waals surface area contributed by atoms with E-state index in [-0.39, 0.29) is 5.02 Å². The number of hydrogen-bond donors (Lipinski definition) is 1. The standard InChI is InChI=1S/C16H17ClFNO/c1-19-9-8-12-4-2-3-5-13(12)11-20-14-6-7-16(18)15(17)10-14/h2-7,10,19H,8-9,11H2,1H3. The highest BCUT2D eigenvalue weighted by Crippen LogP contribution is 2.22. The third kappa shape index (κ3) is 3.95. The second-order valence-corrected chi connectivity index (χ2v) is 4.89. The first kappa shape index (κ1) is 14.8. The molecule has 0 saturated heterocycles. The molecule has 0 unspecified atom stereocenters. The van der Waals surface area contributed by atoms with E-state index in [0.29, 0.717) is 12.4 Å². The Hall–Kier alpha value is -1.58. The molecule has 1 N–H and O–H groups in total. The van der Waals surface area contributed by atoms with Crippen molar-refractivity contribution < 1.29 is 9.13 Å². The van der Waals surface area contributed by atoms with Crippen LogP contribution in [-0.2, 0) is 13.0 Å². The Morgan fingerprint density at radius 1 is 1.15 bits per heavy atom. The lowest BCUT2D eigenvalue weighted by atomic mass is 10.1. The first-order chi connectivity index (χ1) is 9.70. The van der Waals surface area contributed by atoms with Crippen molar-refractivity contribution in [2.24, 2.45) is 0 Å². The van der Waals surface area contributed by atoms with Crippen molar-refractivity contribution in [3.63, 3.8) is 0 Å². The Morgan fingerprint density at radius 3 is 2.60 bits per heavy atom. The first-order valence-corrected chi connectivity index (χ1v) is 6.87. The maximum atomic E-state index is 13.1. The van der Waals surface area contributed by atoms with Crippen molar-refractivity contribution in [1.29, 1.82) is 0 Å². The summed E-state index contributed by atoms with van der Waals surface area (Å²) < 4.78 is 18.7. The molecule has 4 heteroatoms. The molecule has 0 amide bonds. The zero-order chi connectivity index (χ0) is 14.4. The summed E-state index contributed by atoms with van der Waals surface area (Å²) >= 11 is 5.73. The molecule has 0 spiro atoms. The molecule has 0 bridgehead atoms. The maximum Gasteiger partial charge on any atom is 0.142 e. The average Bonchev–Trinajstić information content (AvgIpc) is 2.47. The zero-order valence-corrected chi connectivity index (χ0v) is 12.1. The van der Waals surface area contributed by atoms with E-state index in [1.54, 1.807) is 6.07 Å². The Labute approximate surface area is 123 Å². The fourth-order valence-electron chi connectivity index (χ4n) is 1.93. The molecule has 0 saturated carbocycles. The van der Waals surface area contributed by atoms with Gasteiger partial charge in [-0.1, -0.05) is 35.9 Å². The van der Waals surface area contributed by atoms with Gasteiger partial charge in [-0.3, -0.25) is 0 Å². The van der Waals surface area contributed by atoms with Gasteiger partial charge >= 0.3 is 0 Å². The topological polar surface area (TPSA) is 21.3 Å². The summed E-state index contributed by atoms with van der Waals surface area (Å²) in [4.78, 5) is 0. The Kier molecular flexibility index (Phi) is 5.39. The second kappa shape index (κ2) is 7.27. The highest BCUT2D eigenvalue weighted by Gasteiger charge is 2.05. The van der Waals surface area contributed by atoms with Crippen LogP contribution in [0.1, 0.15) is 11.1 Å². The first-order valence-electron chi connectivity index (χ1n) is 6.50. The average molecular weight is 294 g/mol. The van der Waals surface area contributed by atoms with E-state index >= 15 is 0 Å². The Balaban J connectivity index is 2.04. The summed E-state index contributed by atoms with van der Waals surface area (Å²) in [7, 11) is 1.93. The lowest BCUT2D eigenvalue weighted by molar-refractivity contribution is 0.304. The lowest BCUT2D eigenvalue weighted by Gasteiger charge is -2.11. The molecule has 0 fully saturated rings. The predicted octanol–water partition coefficient (Wildman–Crippen LogP) is 3.82. The maximum absolute atomic E-state index is 13.1. The van der Waals surface area contributed by atoms with E-state index < -0.39 is 5.82 Å². The monoisotopic (exact) mass is 293 g/mol. The van der Waals surface area contributed by atoms with Crippen molar-refractivity contribution in [3.05, 3.63) is 64.4 Å². The molecule has 0 aromatic heterocycles. The van der Waals surface area contributed by atoms with Crippen LogP contribution in [0.2, 0.25) is 5.02 Å². The molecule has 2 rings (SSSR count). The zero-order valence-electron chi connectivity index (χ0n) is 11.3. The van der Waals surface area contributed by atoms with Crippen molar-refractivity contribution in [2.75, 3.05) is 13.6 Å². The predicted molar refractivity (Wildman–Crippen MR) is 79.8 cm³/mol. The molecule has 0 aliphatic heterocycles. The van der Waals surface area contributed by atoms with Gasteiger partial charge in [-0.2, -0.15) is 0 Å². The van der Waals surface area contributed by atoms with E-state index in [4.69, 9.17) is 16.3 Å². The summed E-state index contributed by atoms with van der Waals surface area (Å²) in [5, 5.41) is 3.21. The minimum absolute atomic E-state index is 0.0750. The Morgan fingerprint density at radius 2 is 1.90 bits per heavy atom. The molecule has 0 radical (unpaired) electrons. The van der Waals surface area contributed by atoms with E-state index in [9.17, 15) is 4.39 Å². The molecular formula is C16H17ClFNO. The molecule has 0 atom stereocenters. The number of rotatable bonds is 6. The summed E-state index contributed by atoms with van der Waals surface area (Å²) in [6.07, 6.45) is 0.945. The van der Waals surface area contributed by atoms with E-state index in [1.165, 1.54) is 17.7 Å². The van der Waals surface area contributed by atoms with Gasteiger partial charge in [0.1, 0.15) is 18.2 Å².